The zero-order valence-corrected chi connectivity index (χ0v) is 4.35. The van der Waals surface area contributed by atoms with Crippen molar-refractivity contribution >= 4 is 0 Å². The van der Waals surface area contributed by atoms with E-state index in [1.807, 2.05) is 7.11 Å². The molecule has 0 saturated carbocycles. The summed E-state index contributed by atoms with van der Waals surface area (Å²) in [4.78, 5) is 0. The summed E-state index contributed by atoms with van der Waals surface area (Å²) < 4.78 is 12.3. The van der Waals surface area contributed by atoms with Gasteiger partial charge >= 0.3 is 0 Å². The van der Waals surface area contributed by atoms with Gasteiger partial charge in [-0.15, -0.1) is 0 Å². The molecule has 42 valence electrons. The molecule has 3 nitrogen and oxygen atoms in total. The Kier molecular flexibility index (Phi) is 1.62. The van der Waals surface area contributed by atoms with Gasteiger partial charge in [-0.05, 0) is 0 Å². The van der Waals surface area contributed by atoms with E-state index < -0.39 is 0 Å². The number of ether oxygens (including phenoxy) is 2. The third-order valence-corrected chi connectivity index (χ3v) is 0.736. The summed E-state index contributed by atoms with van der Waals surface area (Å²) in [6.07, 6.45) is 0. The van der Waals surface area contributed by atoms with Crippen LogP contribution in [0.15, 0.2) is 0 Å². The van der Waals surface area contributed by atoms with Crippen molar-refractivity contribution in [2.75, 3.05) is 27.5 Å². The van der Waals surface area contributed by atoms with E-state index >= 15 is 0 Å². The van der Waals surface area contributed by atoms with Gasteiger partial charge in [0.15, 0.2) is 6.79 Å². The van der Waals surface area contributed by atoms with Crippen LogP contribution in [0, 0.1) is 0 Å². The Morgan fingerprint density at radius 2 is 1.86 bits per heavy atom. The second-order valence-electron chi connectivity index (χ2n) is 1.54. The van der Waals surface area contributed by atoms with Crippen LogP contribution in [0.25, 0.3) is 0 Å². The molecular weight excluding hydrogens is 96.0 g/mol. The van der Waals surface area contributed by atoms with Crippen LogP contribution in [-0.2, 0) is 13.8 Å². The normalized spacial score (nSPS) is 25.3. The van der Waals surface area contributed by atoms with Crippen LogP contribution in [0.5, 0.6) is 0 Å². The summed E-state index contributed by atoms with van der Waals surface area (Å²) in [6, 6.07) is 0. The Morgan fingerprint density at radius 1 is 1.29 bits per heavy atom. The molecule has 0 unspecified atom stereocenters. The first-order chi connectivity index (χ1) is 3.39. The molecule has 1 aliphatic heterocycles. The van der Waals surface area contributed by atoms with Crippen LogP contribution in [0.1, 0.15) is 0 Å². The minimum Gasteiger partial charge on any atom is -0.381 e. The summed E-state index contributed by atoms with van der Waals surface area (Å²) in [5.74, 6) is 0. The zero-order chi connectivity index (χ0) is 5.11. The second kappa shape index (κ2) is 2.26. The molecule has 0 radical (unpaired) electrons. The lowest BCUT2D eigenvalue weighted by atomic mass is 11.1. The predicted octanol–water partition coefficient (Wildman–Crippen LogP) is 0.0878. The third kappa shape index (κ3) is 1.43. The second-order valence-corrected chi connectivity index (χ2v) is 1.54. The maximum Gasteiger partial charge on any atom is 0.259 e. The average molecular weight is 105 g/mol. The lowest BCUT2D eigenvalue weighted by Gasteiger charge is -2.17. The lowest BCUT2D eigenvalue weighted by molar-refractivity contribution is -0.340. The van der Waals surface area contributed by atoms with Crippen LogP contribution in [0.2, 0.25) is 0 Å². The molecule has 0 aromatic heterocycles. The molecular formula is C4H9O3+. The fourth-order valence-electron chi connectivity index (χ4n) is 0.446. The van der Waals surface area contributed by atoms with E-state index in [0.29, 0.717) is 20.4 Å². The van der Waals surface area contributed by atoms with Crippen LogP contribution in [-0.4, -0.2) is 27.5 Å². The van der Waals surface area contributed by atoms with Crippen molar-refractivity contribution in [2.24, 2.45) is 0 Å². The summed E-state index contributed by atoms with van der Waals surface area (Å²) in [7, 11) is 1.86. The van der Waals surface area contributed by atoms with E-state index in [9.17, 15) is 0 Å². The van der Waals surface area contributed by atoms with E-state index in [4.69, 9.17) is 9.47 Å². The summed E-state index contributed by atoms with van der Waals surface area (Å²) >= 11 is 0. The van der Waals surface area contributed by atoms with Crippen molar-refractivity contribution in [1.29, 1.82) is 0 Å². The average Bonchev–Trinajstić information content (AvgIpc) is 1.69. The van der Waals surface area contributed by atoms with Crippen LogP contribution >= 0.6 is 0 Å². The van der Waals surface area contributed by atoms with E-state index in [1.54, 1.807) is 0 Å². The van der Waals surface area contributed by atoms with Crippen LogP contribution in [0.3, 0.4) is 0 Å². The minimum atomic E-state index is 0.428. The number of hydrogen-bond acceptors (Lipinski definition) is 2. The van der Waals surface area contributed by atoms with Gasteiger partial charge in [0.2, 0.25) is 0 Å². The smallest absolute Gasteiger partial charge is 0.259 e. The molecule has 3 heteroatoms. The SMILES string of the molecule is C[O+]1COCOC1. The van der Waals surface area contributed by atoms with Gasteiger partial charge in [-0.3, -0.25) is 9.47 Å². The highest BCUT2D eigenvalue weighted by molar-refractivity contribution is 4.18. The van der Waals surface area contributed by atoms with E-state index in [-0.39, 0.29) is 0 Å². The fourth-order valence-corrected chi connectivity index (χ4v) is 0.446. The standard InChI is InChI=1S/C4H9O3/c1-7-3-5-2-6-4-7/h2-4H2,1H3/q+1. The monoisotopic (exact) mass is 105 g/mol. The van der Waals surface area contributed by atoms with Gasteiger partial charge in [0.1, 0.15) is 7.11 Å². The molecule has 7 heavy (non-hydrogen) atoms. The van der Waals surface area contributed by atoms with Gasteiger partial charge in [-0.25, -0.2) is 0 Å². The van der Waals surface area contributed by atoms with Gasteiger partial charge in [0.05, 0.1) is 0 Å². The highest BCUT2D eigenvalue weighted by Gasteiger charge is 2.07. The highest BCUT2D eigenvalue weighted by atomic mass is 16.9. The lowest BCUT2D eigenvalue weighted by Crippen LogP contribution is -2.24. The molecule has 0 atom stereocenters. The Bertz CT molecular complexity index is 48.9. The Hall–Kier alpha value is -0.120. The number of rotatable bonds is 0. The molecule has 0 spiro atoms. The Morgan fingerprint density at radius 3 is 2.14 bits per heavy atom. The molecule has 0 aromatic rings. The molecule has 1 aliphatic rings. The molecule has 1 fully saturated rings. The summed E-state index contributed by atoms with van der Waals surface area (Å²) in [5, 5.41) is 0. The summed E-state index contributed by atoms with van der Waals surface area (Å²) in [5.41, 5.74) is 0. The maximum absolute atomic E-state index is 4.85. The van der Waals surface area contributed by atoms with Crippen molar-refractivity contribution < 1.29 is 13.8 Å². The zero-order valence-electron chi connectivity index (χ0n) is 4.35. The molecule has 0 bridgehead atoms. The molecule has 0 N–H and O–H groups in total. The van der Waals surface area contributed by atoms with Gasteiger partial charge in [0.25, 0.3) is 13.6 Å². The van der Waals surface area contributed by atoms with Gasteiger partial charge in [-0.2, -0.15) is 0 Å². The van der Waals surface area contributed by atoms with Gasteiger partial charge < -0.3 is 4.37 Å². The van der Waals surface area contributed by atoms with Crippen molar-refractivity contribution in [3.05, 3.63) is 0 Å². The van der Waals surface area contributed by atoms with Crippen molar-refractivity contribution in [1.82, 2.24) is 0 Å². The predicted molar refractivity (Wildman–Crippen MR) is 23.8 cm³/mol. The molecule has 0 amide bonds. The van der Waals surface area contributed by atoms with E-state index in [2.05, 4.69) is 4.37 Å². The Labute approximate surface area is 42.5 Å². The third-order valence-electron chi connectivity index (χ3n) is 0.736. The molecule has 0 aromatic carbocycles. The fraction of sp³-hybridized carbons (Fsp3) is 1.00. The largest absolute Gasteiger partial charge is 0.381 e. The maximum atomic E-state index is 4.85. The summed E-state index contributed by atoms with van der Waals surface area (Å²) in [6.45, 7) is 1.65. The van der Waals surface area contributed by atoms with Crippen LogP contribution < -0.4 is 0 Å². The van der Waals surface area contributed by atoms with Gasteiger partial charge in [-0.1, -0.05) is 0 Å². The van der Waals surface area contributed by atoms with E-state index in [0.717, 1.165) is 0 Å². The van der Waals surface area contributed by atoms with Crippen molar-refractivity contribution in [3.63, 3.8) is 0 Å². The molecule has 1 rings (SSSR count). The Balaban J connectivity index is 2.12. The first-order valence-electron chi connectivity index (χ1n) is 2.14. The van der Waals surface area contributed by atoms with Crippen LogP contribution in [0.4, 0.5) is 0 Å². The van der Waals surface area contributed by atoms with Gasteiger partial charge in [0, 0.05) is 0 Å². The molecule has 0 aliphatic carbocycles. The van der Waals surface area contributed by atoms with Crippen molar-refractivity contribution in [3.8, 4) is 0 Å². The minimum absolute atomic E-state index is 0.428. The first-order valence-corrected chi connectivity index (χ1v) is 2.14. The molecule has 1 heterocycles. The van der Waals surface area contributed by atoms with E-state index in [1.165, 1.54) is 0 Å². The molecule has 1 saturated heterocycles. The topological polar surface area (TPSA) is 21.2 Å². The highest BCUT2D eigenvalue weighted by Crippen LogP contribution is 1.97. The number of hydrogen-bond donors (Lipinski definition) is 0. The quantitative estimate of drug-likeness (QED) is 0.407. The first kappa shape index (κ1) is 5.03. The van der Waals surface area contributed by atoms with Crippen molar-refractivity contribution in [2.45, 2.75) is 0 Å².